The van der Waals surface area contributed by atoms with Crippen LogP contribution in [0.25, 0.3) is 0 Å². The smallest absolute Gasteiger partial charge is 0.311 e. The van der Waals surface area contributed by atoms with Crippen LogP contribution in [-0.2, 0) is 9.59 Å². The average molecular weight is 353 g/mol. The second kappa shape index (κ2) is 8.97. The van der Waals surface area contributed by atoms with E-state index >= 15 is 0 Å². The number of amides is 2. The molecule has 2 amide bonds. The Kier molecular flexibility index (Phi) is 7.31. The van der Waals surface area contributed by atoms with Crippen molar-refractivity contribution in [3.8, 4) is 5.75 Å². The number of likely N-dealkylation sites (N-methyl/N-ethyl adjacent to an activating group) is 1. The van der Waals surface area contributed by atoms with Crippen LogP contribution < -0.4 is 20.3 Å². The summed E-state index contributed by atoms with van der Waals surface area (Å²) in [6.45, 7) is 5.66. The zero-order chi connectivity index (χ0) is 19.1. The zero-order valence-electron chi connectivity index (χ0n) is 15.1. The third-order valence-electron chi connectivity index (χ3n) is 3.37. The van der Waals surface area contributed by atoms with Crippen LogP contribution in [0.5, 0.6) is 5.75 Å². The second-order valence-corrected chi connectivity index (χ2v) is 6.18. The van der Waals surface area contributed by atoms with Gasteiger partial charge in [-0.2, -0.15) is 0 Å². The van der Waals surface area contributed by atoms with Crippen molar-refractivity contribution in [2.24, 2.45) is 0 Å². The van der Waals surface area contributed by atoms with Crippen molar-refractivity contribution in [3.05, 3.63) is 27.8 Å². The van der Waals surface area contributed by atoms with Crippen molar-refractivity contribution in [1.29, 1.82) is 0 Å². The van der Waals surface area contributed by atoms with Gasteiger partial charge >= 0.3 is 5.69 Å². The molecule has 0 saturated carbocycles. The number of carbonyl (C=O) groups excluding carboxylic acids is 2. The minimum absolute atomic E-state index is 0.0457. The summed E-state index contributed by atoms with van der Waals surface area (Å²) in [6, 6.07) is 2.82. The molecule has 0 aliphatic rings. The first-order valence-corrected chi connectivity index (χ1v) is 7.87. The van der Waals surface area contributed by atoms with Gasteiger partial charge in [0.05, 0.1) is 19.1 Å². The van der Waals surface area contributed by atoms with Gasteiger partial charge in [-0.1, -0.05) is 0 Å². The topological polar surface area (TPSA) is 115 Å². The lowest BCUT2D eigenvalue weighted by Crippen LogP contribution is -3.11. The third-order valence-corrected chi connectivity index (χ3v) is 3.37. The Balaban J connectivity index is 2.74. The molecular formula is C16H25N4O5+. The monoisotopic (exact) mass is 353 g/mol. The lowest BCUT2D eigenvalue weighted by atomic mass is 10.1. The van der Waals surface area contributed by atoms with Gasteiger partial charge in [0.1, 0.15) is 0 Å². The first-order chi connectivity index (χ1) is 11.6. The molecule has 0 heterocycles. The van der Waals surface area contributed by atoms with E-state index in [4.69, 9.17) is 4.74 Å². The highest BCUT2D eigenvalue weighted by Crippen LogP contribution is 2.32. The number of nitro groups is 1. The van der Waals surface area contributed by atoms with E-state index in [1.165, 1.54) is 19.2 Å². The van der Waals surface area contributed by atoms with Gasteiger partial charge in [0.25, 0.3) is 11.8 Å². The number of hydrogen-bond donors (Lipinski definition) is 3. The van der Waals surface area contributed by atoms with Gasteiger partial charge in [0.15, 0.2) is 18.8 Å². The Bertz CT molecular complexity index is 660. The van der Waals surface area contributed by atoms with Crippen molar-refractivity contribution in [2.75, 3.05) is 32.6 Å². The maximum Gasteiger partial charge on any atom is 0.311 e. The Labute approximate surface area is 146 Å². The largest absolute Gasteiger partial charge is 0.490 e. The van der Waals surface area contributed by atoms with E-state index < -0.39 is 4.92 Å². The average Bonchev–Trinajstić information content (AvgIpc) is 2.47. The Morgan fingerprint density at radius 2 is 1.88 bits per heavy atom. The summed E-state index contributed by atoms with van der Waals surface area (Å²) < 4.78 is 5.00. The minimum Gasteiger partial charge on any atom is -0.490 e. The van der Waals surface area contributed by atoms with Gasteiger partial charge < -0.3 is 20.3 Å². The summed E-state index contributed by atoms with van der Waals surface area (Å²) in [7, 11) is 3.07. The molecule has 0 aliphatic carbocycles. The van der Waals surface area contributed by atoms with Gasteiger partial charge in [-0.3, -0.25) is 19.7 Å². The van der Waals surface area contributed by atoms with Crippen LogP contribution in [0.2, 0.25) is 0 Å². The van der Waals surface area contributed by atoms with E-state index in [0.29, 0.717) is 11.3 Å². The van der Waals surface area contributed by atoms with Crippen LogP contribution in [-0.4, -0.2) is 50.0 Å². The number of hydrogen-bond acceptors (Lipinski definition) is 5. The van der Waals surface area contributed by atoms with Crippen molar-refractivity contribution in [3.63, 3.8) is 0 Å². The number of ether oxygens (including phenoxy) is 1. The van der Waals surface area contributed by atoms with Crippen molar-refractivity contribution in [2.45, 2.75) is 26.8 Å². The second-order valence-electron chi connectivity index (χ2n) is 6.18. The van der Waals surface area contributed by atoms with E-state index in [2.05, 4.69) is 10.6 Å². The number of rotatable bonds is 8. The molecule has 0 spiro atoms. The number of methoxy groups -OCH3 is 1. The SMILES string of the molecule is COc1cc(NC(=O)C[NH+](C)CC(=O)NC(C)C)c(C)cc1[N+](=O)[O-]. The van der Waals surface area contributed by atoms with Crippen LogP contribution in [0.3, 0.4) is 0 Å². The summed E-state index contributed by atoms with van der Waals surface area (Å²) in [5.74, 6) is -0.356. The molecule has 0 fully saturated rings. The summed E-state index contributed by atoms with van der Waals surface area (Å²) in [5, 5.41) is 16.5. The molecule has 0 radical (unpaired) electrons. The Morgan fingerprint density at radius 3 is 2.40 bits per heavy atom. The van der Waals surface area contributed by atoms with Gasteiger partial charge in [0, 0.05) is 23.9 Å². The number of benzene rings is 1. The van der Waals surface area contributed by atoms with Crippen molar-refractivity contribution in [1.82, 2.24) is 5.32 Å². The van der Waals surface area contributed by atoms with E-state index in [1.807, 2.05) is 13.8 Å². The standard InChI is InChI=1S/C16H24N4O5/c1-10(2)17-15(21)8-19(4)9-16(22)18-12-7-14(25-5)13(20(23)24)6-11(12)3/h6-7,10H,8-9H2,1-5H3,(H,17,21)(H,18,22)/p+1. The number of aryl methyl sites for hydroxylation is 1. The molecule has 0 aromatic heterocycles. The molecule has 1 rings (SSSR count). The zero-order valence-corrected chi connectivity index (χ0v) is 15.1. The molecule has 0 aliphatic heterocycles. The van der Waals surface area contributed by atoms with Crippen LogP contribution in [0.1, 0.15) is 19.4 Å². The van der Waals surface area contributed by atoms with Gasteiger partial charge in [-0.05, 0) is 26.3 Å². The summed E-state index contributed by atoms with van der Waals surface area (Å²) >= 11 is 0. The summed E-state index contributed by atoms with van der Waals surface area (Å²) in [5.41, 5.74) is 0.828. The number of nitrogens with zero attached hydrogens (tertiary/aromatic N) is 1. The fraction of sp³-hybridized carbons (Fsp3) is 0.500. The summed E-state index contributed by atoms with van der Waals surface area (Å²) in [6.07, 6.45) is 0. The fourth-order valence-corrected chi connectivity index (χ4v) is 2.29. The van der Waals surface area contributed by atoms with Crippen LogP contribution >= 0.6 is 0 Å². The molecule has 9 heteroatoms. The van der Waals surface area contributed by atoms with Crippen LogP contribution in [0.15, 0.2) is 12.1 Å². The highest BCUT2D eigenvalue weighted by molar-refractivity contribution is 5.93. The maximum absolute atomic E-state index is 12.2. The van der Waals surface area contributed by atoms with Gasteiger partial charge in [-0.15, -0.1) is 0 Å². The molecule has 0 saturated heterocycles. The fourth-order valence-electron chi connectivity index (χ4n) is 2.29. The lowest BCUT2D eigenvalue weighted by molar-refractivity contribution is -0.862. The number of nitro benzene ring substituents is 1. The Morgan fingerprint density at radius 1 is 1.28 bits per heavy atom. The molecule has 0 bridgehead atoms. The molecule has 1 aromatic rings. The summed E-state index contributed by atoms with van der Waals surface area (Å²) in [4.78, 5) is 35.0. The van der Waals surface area contributed by atoms with E-state index in [-0.39, 0.29) is 42.4 Å². The molecule has 1 aromatic carbocycles. The molecule has 3 N–H and O–H groups in total. The highest BCUT2D eigenvalue weighted by atomic mass is 16.6. The van der Waals surface area contributed by atoms with Crippen molar-refractivity contribution < 1.29 is 24.1 Å². The Hall–Kier alpha value is -2.68. The normalized spacial score (nSPS) is 11.8. The number of quaternary nitrogens is 1. The quantitative estimate of drug-likeness (QED) is 0.446. The number of anilines is 1. The minimum atomic E-state index is -0.539. The predicted molar refractivity (Wildman–Crippen MR) is 92.9 cm³/mol. The van der Waals surface area contributed by atoms with E-state index in [0.717, 1.165) is 4.90 Å². The molecule has 138 valence electrons. The lowest BCUT2D eigenvalue weighted by Gasteiger charge is -2.16. The molecule has 1 atom stereocenters. The highest BCUT2D eigenvalue weighted by Gasteiger charge is 2.20. The first-order valence-electron chi connectivity index (χ1n) is 7.87. The molecular weight excluding hydrogens is 328 g/mol. The predicted octanol–water partition coefficient (Wildman–Crippen LogP) is -0.110. The van der Waals surface area contributed by atoms with Crippen molar-refractivity contribution >= 4 is 23.2 Å². The van der Waals surface area contributed by atoms with Crippen LogP contribution in [0.4, 0.5) is 11.4 Å². The van der Waals surface area contributed by atoms with Crippen LogP contribution in [0, 0.1) is 17.0 Å². The number of carbonyl (C=O) groups is 2. The maximum atomic E-state index is 12.2. The molecule has 25 heavy (non-hydrogen) atoms. The van der Waals surface area contributed by atoms with E-state index in [9.17, 15) is 19.7 Å². The third kappa shape index (κ3) is 6.38. The molecule has 9 nitrogen and oxygen atoms in total. The first kappa shape index (κ1) is 20.4. The van der Waals surface area contributed by atoms with E-state index in [1.54, 1.807) is 14.0 Å². The molecule has 1 unspecified atom stereocenters. The van der Waals surface area contributed by atoms with Gasteiger partial charge in [-0.25, -0.2) is 0 Å². The van der Waals surface area contributed by atoms with Gasteiger partial charge in [0.2, 0.25) is 0 Å². The number of nitrogens with one attached hydrogen (secondary N) is 3.